The number of carbonyl (C=O) groups is 1. The molecule has 0 unspecified atom stereocenters. The smallest absolute Gasteiger partial charge is 0.344 e. The molecule has 4 heteroatoms. The number of rotatable bonds is 6. The molecule has 0 aliphatic rings. The third-order valence-corrected chi connectivity index (χ3v) is 2.74. The van der Waals surface area contributed by atoms with Gasteiger partial charge in [-0.05, 0) is 43.5 Å². The molecule has 100 valence electrons. The highest BCUT2D eigenvalue weighted by Crippen LogP contribution is 2.26. The highest BCUT2D eigenvalue weighted by atomic mass is 35.5. The molecule has 1 aromatic rings. The Balaban J connectivity index is 2.51. The van der Waals surface area contributed by atoms with Crippen LogP contribution in [0, 0.1) is 13.8 Å². The van der Waals surface area contributed by atoms with E-state index in [1.54, 1.807) is 0 Å². The van der Waals surface area contributed by atoms with Crippen LogP contribution in [-0.2, 0) is 9.53 Å². The Bertz CT molecular complexity index is 392. The van der Waals surface area contributed by atoms with Gasteiger partial charge in [0, 0.05) is 5.02 Å². The fraction of sp³-hybridized carbons (Fsp3) is 0.500. The van der Waals surface area contributed by atoms with E-state index in [9.17, 15) is 4.79 Å². The quantitative estimate of drug-likeness (QED) is 0.584. The molecule has 0 aromatic heterocycles. The Kier molecular flexibility index (Phi) is 5.99. The molecule has 0 atom stereocenters. The molecular formula is C14H19ClO3. The summed E-state index contributed by atoms with van der Waals surface area (Å²) in [6.07, 6.45) is 1.88. The molecule has 0 fully saturated rings. The second-order valence-electron chi connectivity index (χ2n) is 4.23. The van der Waals surface area contributed by atoms with Gasteiger partial charge < -0.3 is 9.47 Å². The molecule has 1 rings (SSSR count). The molecule has 0 aliphatic heterocycles. The zero-order valence-electron chi connectivity index (χ0n) is 11.1. The van der Waals surface area contributed by atoms with Crippen LogP contribution < -0.4 is 4.74 Å². The Morgan fingerprint density at radius 3 is 2.44 bits per heavy atom. The second kappa shape index (κ2) is 7.27. The van der Waals surface area contributed by atoms with Gasteiger partial charge in [-0.3, -0.25) is 0 Å². The lowest BCUT2D eigenvalue weighted by atomic mass is 10.1. The maximum Gasteiger partial charge on any atom is 0.344 e. The minimum absolute atomic E-state index is 0.0625. The van der Waals surface area contributed by atoms with Gasteiger partial charge in [0.25, 0.3) is 0 Å². The zero-order valence-corrected chi connectivity index (χ0v) is 11.8. The molecule has 0 N–H and O–H groups in total. The molecule has 0 spiro atoms. The molecular weight excluding hydrogens is 252 g/mol. The van der Waals surface area contributed by atoms with Gasteiger partial charge in [0.15, 0.2) is 6.61 Å². The van der Waals surface area contributed by atoms with Crippen LogP contribution in [0.2, 0.25) is 5.02 Å². The molecule has 18 heavy (non-hydrogen) atoms. The number of unbranched alkanes of at least 4 members (excludes halogenated alkanes) is 1. The van der Waals surface area contributed by atoms with E-state index < -0.39 is 0 Å². The lowest BCUT2D eigenvalue weighted by molar-refractivity contribution is -0.146. The summed E-state index contributed by atoms with van der Waals surface area (Å²) in [5.41, 5.74) is 1.84. The summed E-state index contributed by atoms with van der Waals surface area (Å²) in [5, 5.41) is 0.669. The van der Waals surface area contributed by atoms with Crippen LogP contribution >= 0.6 is 11.6 Å². The van der Waals surface area contributed by atoms with Crippen LogP contribution in [0.3, 0.4) is 0 Å². The van der Waals surface area contributed by atoms with Crippen LogP contribution in [-0.4, -0.2) is 19.2 Å². The zero-order chi connectivity index (χ0) is 13.5. The van der Waals surface area contributed by atoms with Gasteiger partial charge in [-0.25, -0.2) is 4.79 Å². The highest BCUT2D eigenvalue weighted by molar-refractivity contribution is 6.30. The molecule has 0 saturated heterocycles. The second-order valence-corrected chi connectivity index (χ2v) is 4.67. The molecule has 0 aliphatic carbocycles. The predicted octanol–water partition coefficient (Wildman–Crippen LogP) is 3.68. The lowest BCUT2D eigenvalue weighted by Gasteiger charge is -2.12. The normalized spacial score (nSPS) is 10.2. The van der Waals surface area contributed by atoms with Crippen molar-refractivity contribution in [1.29, 1.82) is 0 Å². The first-order chi connectivity index (χ1) is 8.54. The van der Waals surface area contributed by atoms with Crippen molar-refractivity contribution in [3.63, 3.8) is 0 Å². The Labute approximate surface area is 113 Å². The molecule has 0 saturated carbocycles. The van der Waals surface area contributed by atoms with E-state index in [0.717, 1.165) is 24.0 Å². The largest absolute Gasteiger partial charge is 0.481 e. The number of benzene rings is 1. The van der Waals surface area contributed by atoms with E-state index in [2.05, 4.69) is 0 Å². The first-order valence-electron chi connectivity index (χ1n) is 6.09. The summed E-state index contributed by atoms with van der Waals surface area (Å²) < 4.78 is 10.5. The maximum atomic E-state index is 11.4. The Morgan fingerprint density at radius 2 is 1.89 bits per heavy atom. The Hall–Kier alpha value is -1.22. The van der Waals surface area contributed by atoms with Crippen molar-refractivity contribution >= 4 is 17.6 Å². The van der Waals surface area contributed by atoms with Crippen LogP contribution in [0.5, 0.6) is 5.75 Å². The van der Waals surface area contributed by atoms with Crippen molar-refractivity contribution in [2.45, 2.75) is 33.6 Å². The van der Waals surface area contributed by atoms with E-state index in [1.165, 1.54) is 0 Å². The van der Waals surface area contributed by atoms with Crippen LogP contribution in [0.15, 0.2) is 12.1 Å². The summed E-state index contributed by atoms with van der Waals surface area (Å²) >= 11 is 5.92. The average molecular weight is 271 g/mol. The lowest BCUT2D eigenvalue weighted by Crippen LogP contribution is -2.16. The van der Waals surface area contributed by atoms with Crippen molar-refractivity contribution in [1.82, 2.24) is 0 Å². The first kappa shape index (κ1) is 14.8. The van der Waals surface area contributed by atoms with Gasteiger partial charge in [0.1, 0.15) is 5.75 Å². The summed E-state index contributed by atoms with van der Waals surface area (Å²) in [4.78, 5) is 11.4. The first-order valence-corrected chi connectivity index (χ1v) is 6.47. The van der Waals surface area contributed by atoms with Gasteiger partial charge in [0.2, 0.25) is 0 Å². The molecule has 1 aromatic carbocycles. The van der Waals surface area contributed by atoms with Gasteiger partial charge in [-0.1, -0.05) is 24.9 Å². The van der Waals surface area contributed by atoms with Crippen LogP contribution in [0.25, 0.3) is 0 Å². The third kappa shape index (κ3) is 4.57. The van der Waals surface area contributed by atoms with E-state index in [-0.39, 0.29) is 12.6 Å². The topological polar surface area (TPSA) is 35.5 Å². The summed E-state index contributed by atoms with van der Waals surface area (Å²) in [6, 6.07) is 3.62. The molecule has 0 bridgehead atoms. The highest BCUT2D eigenvalue weighted by Gasteiger charge is 2.09. The van der Waals surface area contributed by atoms with Crippen LogP contribution in [0.4, 0.5) is 0 Å². The van der Waals surface area contributed by atoms with Crippen molar-refractivity contribution in [3.8, 4) is 5.75 Å². The maximum absolute atomic E-state index is 11.4. The number of aryl methyl sites for hydroxylation is 2. The van der Waals surface area contributed by atoms with Gasteiger partial charge in [-0.15, -0.1) is 0 Å². The molecule has 0 heterocycles. The Morgan fingerprint density at radius 1 is 1.28 bits per heavy atom. The predicted molar refractivity (Wildman–Crippen MR) is 72.3 cm³/mol. The molecule has 3 nitrogen and oxygen atoms in total. The van der Waals surface area contributed by atoms with E-state index in [0.29, 0.717) is 17.4 Å². The van der Waals surface area contributed by atoms with Gasteiger partial charge in [-0.2, -0.15) is 0 Å². The summed E-state index contributed by atoms with van der Waals surface area (Å²) in [7, 11) is 0. The standard InChI is InChI=1S/C14H19ClO3/c1-4-5-6-17-13(16)9-18-14-10(2)7-12(15)8-11(14)3/h7-8H,4-6,9H2,1-3H3. The van der Waals surface area contributed by atoms with Crippen molar-refractivity contribution < 1.29 is 14.3 Å². The van der Waals surface area contributed by atoms with Gasteiger partial charge in [0.05, 0.1) is 6.61 Å². The van der Waals surface area contributed by atoms with Crippen molar-refractivity contribution in [2.75, 3.05) is 13.2 Å². The van der Waals surface area contributed by atoms with E-state index in [4.69, 9.17) is 21.1 Å². The number of hydrogen-bond donors (Lipinski definition) is 0. The van der Waals surface area contributed by atoms with Crippen molar-refractivity contribution in [2.24, 2.45) is 0 Å². The average Bonchev–Trinajstić information content (AvgIpc) is 2.27. The SMILES string of the molecule is CCCCOC(=O)COc1c(C)cc(Cl)cc1C. The summed E-state index contributed by atoms with van der Waals surface area (Å²) in [5.74, 6) is 0.365. The fourth-order valence-corrected chi connectivity index (χ4v) is 1.96. The third-order valence-electron chi connectivity index (χ3n) is 2.52. The summed E-state index contributed by atoms with van der Waals surface area (Å²) in [6.45, 7) is 6.24. The minimum Gasteiger partial charge on any atom is -0.481 e. The molecule has 0 radical (unpaired) electrons. The monoisotopic (exact) mass is 270 g/mol. The van der Waals surface area contributed by atoms with E-state index >= 15 is 0 Å². The molecule has 0 amide bonds. The van der Waals surface area contributed by atoms with Crippen LogP contribution in [0.1, 0.15) is 30.9 Å². The number of esters is 1. The number of ether oxygens (including phenoxy) is 2. The van der Waals surface area contributed by atoms with E-state index in [1.807, 2.05) is 32.9 Å². The van der Waals surface area contributed by atoms with Crippen molar-refractivity contribution in [3.05, 3.63) is 28.3 Å². The minimum atomic E-state index is -0.336. The number of hydrogen-bond acceptors (Lipinski definition) is 3. The van der Waals surface area contributed by atoms with Gasteiger partial charge >= 0.3 is 5.97 Å². The number of halogens is 1. The number of carbonyl (C=O) groups excluding carboxylic acids is 1. The fourth-order valence-electron chi connectivity index (χ4n) is 1.63.